The smallest absolute Gasteiger partial charge is 0.209 e. The largest absolute Gasteiger partial charge is 0.391 e. The van der Waals surface area contributed by atoms with Gasteiger partial charge in [-0.1, -0.05) is 0 Å². The highest BCUT2D eigenvalue weighted by atomic mass is 32.2. The fourth-order valence-electron chi connectivity index (χ4n) is 4.92. The van der Waals surface area contributed by atoms with Crippen molar-refractivity contribution in [3.63, 3.8) is 0 Å². The van der Waals surface area contributed by atoms with Crippen molar-refractivity contribution in [3.05, 3.63) is 0 Å². The average Bonchev–Trinajstić information content (AvgIpc) is 3.06. The Morgan fingerprint density at radius 3 is 1.92 bits per heavy atom. The molecule has 0 aromatic rings. The first kappa shape index (κ1) is 30.9. The molecule has 0 aromatic carbocycles. The van der Waals surface area contributed by atoms with Crippen LogP contribution in [-0.4, -0.2) is 143 Å². The molecule has 0 radical (unpaired) electrons. The number of sulfonamides is 1. The van der Waals surface area contributed by atoms with E-state index in [0.717, 1.165) is 6.26 Å². The fourth-order valence-corrected chi connectivity index (χ4v) is 5.71. The predicted molar refractivity (Wildman–Crippen MR) is 125 cm³/mol. The lowest BCUT2D eigenvalue weighted by Crippen LogP contribution is -2.69. The van der Waals surface area contributed by atoms with Gasteiger partial charge in [-0.3, -0.25) is 0 Å². The summed E-state index contributed by atoms with van der Waals surface area (Å²) in [6, 6.07) is -4.13. The van der Waals surface area contributed by atoms with E-state index in [4.69, 9.17) is 36.1 Å². The Hall–Kier alpha value is -0.610. The number of aliphatic hydroxyl groups excluding tert-OH is 6. The van der Waals surface area contributed by atoms with Gasteiger partial charge >= 0.3 is 0 Å². The molecular weight excluding hydrogens is 520 g/mol. The predicted octanol–water partition coefficient (Wildman–Crippen LogP) is -6.28. The van der Waals surface area contributed by atoms with Crippen LogP contribution < -0.4 is 21.9 Å². The topological polar surface area (TPSA) is 283 Å². The van der Waals surface area contributed by atoms with Crippen molar-refractivity contribution in [3.8, 4) is 0 Å². The maximum atomic E-state index is 11.9. The maximum Gasteiger partial charge on any atom is 0.209 e. The molecule has 16 atom stereocenters. The number of hydrogen-bond acceptors (Lipinski definition) is 15. The molecule has 17 heteroatoms. The summed E-state index contributed by atoms with van der Waals surface area (Å²) in [5.41, 5.74) is 18.1. The molecule has 2 saturated heterocycles. The van der Waals surface area contributed by atoms with Crippen molar-refractivity contribution in [2.45, 2.75) is 118 Å². The lowest BCUT2D eigenvalue weighted by atomic mass is 9.84. The SMILES string of the molecule is C[C@H](N)[C@H]1O[C@@H](OC2C(O)[C@H](NS(C)(=O)=O)CC(N)[C@H]2O[C@H]2OC([C@@H](C)O)[C@@H](O)C(O)C2N)C(O)C1O. The summed E-state index contributed by atoms with van der Waals surface area (Å²) in [4.78, 5) is 0. The summed E-state index contributed by atoms with van der Waals surface area (Å²) < 4.78 is 48.9. The van der Waals surface area contributed by atoms with Crippen LogP contribution in [0.25, 0.3) is 0 Å². The molecular formula is C20H40N4O12S. The van der Waals surface area contributed by atoms with Gasteiger partial charge in [-0.05, 0) is 20.3 Å². The third-order valence-corrected chi connectivity index (χ3v) is 7.64. The van der Waals surface area contributed by atoms with Crippen LogP contribution in [0.2, 0.25) is 0 Å². The molecule has 8 unspecified atom stereocenters. The highest BCUT2D eigenvalue weighted by molar-refractivity contribution is 7.88. The van der Waals surface area contributed by atoms with E-state index in [0.29, 0.717) is 0 Å². The molecule has 2 aliphatic heterocycles. The van der Waals surface area contributed by atoms with Crippen LogP contribution in [0.3, 0.4) is 0 Å². The number of aliphatic hydroxyl groups is 6. The molecule has 13 N–H and O–H groups in total. The Morgan fingerprint density at radius 2 is 1.41 bits per heavy atom. The van der Waals surface area contributed by atoms with Crippen LogP contribution in [0.1, 0.15) is 20.3 Å². The lowest BCUT2D eigenvalue weighted by Gasteiger charge is -2.48. The minimum atomic E-state index is -3.79. The lowest BCUT2D eigenvalue weighted by molar-refractivity contribution is -0.315. The van der Waals surface area contributed by atoms with Crippen LogP contribution in [0, 0.1) is 0 Å². The van der Waals surface area contributed by atoms with Crippen LogP contribution in [0.15, 0.2) is 0 Å². The Bertz CT molecular complexity index is 868. The quantitative estimate of drug-likeness (QED) is 0.132. The summed E-state index contributed by atoms with van der Waals surface area (Å²) in [7, 11) is -3.79. The van der Waals surface area contributed by atoms with Gasteiger partial charge in [-0.15, -0.1) is 0 Å². The molecule has 0 aromatic heterocycles. The van der Waals surface area contributed by atoms with Crippen LogP contribution in [0.5, 0.6) is 0 Å². The molecule has 0 spiro atoms. The number of rotatable bonds is 8. The standard InChI is InChI=1S/C20H40N4O12S/c1-5(21)15-13(29)14(30)20(33-15)36-18-10(26)8(24-37(3,31)32)4-7(22)17(18)35-19-9(23)11(27)12(28)16(34-19)6(2)25/h5-20,24-30H,4,21-23H2,1-3H3/t5-,6+,7?,8+,9?,10?,11?,12-,13?,14?,15+,16?,17+,18?,19+,20-/m0/s1. The molecule has 1 aliphatic carbocycles. The Labute approximate surface area is 214 Å². The second kappa shape index (κ2) is 11.9. The van der Waals surface area contributed by atoms with E-state index in [9.17, 15) is 39.1 Å². The minimum absolute atomic E-state index is 0.120. The average molecular weight is 561 g/mol. The van der Waals surface area contributed by atoms with Gasteiger partial charge in [0.2, 0.25) is 10.0 Å². The Balaban J connectivity index is 1.88. The van der Waals surface area contributed by atoms with Crippen molar-refractivity contribution in [2.75, 3.05) is 6.26 Å². The van der Waals surface area contributed by atoms with E-state index in [2.05, 4.69) is 4.72 Å². The van der Waals surface area contributed by atoms with Crippen LogP contribution in [0.4, 0.5) is 0 Å². The first-order chi connectivity index (χ1) is 17.0. The molecule has 16 nitrogen and oxygen atoms in total. The van der Waals surface area contributed by atoms with Gasteiger partial charge in [0.25, 0.3) is 0 Å². The molecule has 3 fully saturated rings. The van der Waals surface area contributed by atoms with Gasteiger partial charge in [0.15, 0.2) is 12.6 Å². The van der Waals surface area contributed by atoms with E-state index >= 15 is 0 Å². The second-order valence-electron chi connectivity index (χ2n) is 10.2. The van der Waals surface area contributed by atoms with E-state index in [1.807, 2.05) is 0 Å². The highest BCUT2D eigenvalue weighted by Crippen LogP contribution is 2.33. The summed E-state index contributed by atoms with van der Waals surface area (Å²) in [5.74, 6) is 0. The normalized spacial score (nSPS) is 49.1. The number of hydrogen-bond donors (Lipinski definition) is 10. The molecule has 3 rings (SSSR count). The number of nitrogens with one attached hydrogen (secondary N) is 1. The zero-order valence-corrected chi connectivity index (χ0v) is 21.5. The van der Waals surface area contributed by atoms with Gasteiger partial charge in [0, 0.05) is 12.1 Å². The number of nitrogens with two attached hydrogens (primary N) is 3. The van der Waals surface area contributed by atoms with Crippen molar-refractivity contribution in [1.29, 1.82) is 0 Å². The fraction of sp³-hybridized carbons (Fsp3) is 1.00. The van der Waals surface area contributed by atoms with Gasteiger partial charge < -0.3 is 66.8 Å². The van der Waals surface area contributed by atoms with Crippen molar-refractivity contribution >= 4 is 10.0 Å². The molecule has 0 bridgehead atoms. The minimum Gasteiger partial charge on any atom is -0.391 e. The van der Waals surface area contributed by atoms with E-state index in [-0.39, 0.29) is 6.42 Å². The summed E-state index contributed by atoms with van der Waals surface area (Å²) in [6.07, 6.45) is -16.1. The van der Waals surface area contributed by atoms with Gasteiger partial charge in [0.05, 0.1) is 30.5 Å². The zero-order valence-electron chi connectivity index (χ0n) is 20.7. The summed E-state index contributed by atoms with van der Waals surface area (Å²) >= 11 is 0. The third kappa shape index (κ3) is 6.76. The highest BCUT2D eigenvalue weighted by Gasteiger charge is 2.53. The van der Waals surface area contributed by atoms with Crippen LogP contribution >= 0.6 is 0 Å². The maximum absolute atomic E-state index is 11.9. The molecule has 1 saturated carbocycles. The van der Waals surface area contributed by atoms with Crippen molar-refractivity contribution in [2.24, 2.45) is 17.2 Å². The molecule has 218 valence electrons. The Kier molecular flexibility index (Phi) is 9.92. The molecule has 3 aliphatic rings. The third-order valence-electron chi connectivity index (χ3n) is 6.91. The van der Waals surface area contributed by atoms with Gasteiger partial charge in [-0.25, -0.2) is 13.1 Å². The summed E-state index contributed by atoms with van der Waals surface area (Å²) in [5, 5.41) is 62.4. The summed E-state index contributed by atoms with van der Waals surface area (Å²) in [6.45, 7) is 2.88. The van der Waals surface area contributed by atoms with Gasteiger partial charge in [0.1, 0.15) is 48.8 Å². The monoisotopic (exact) mass is 560 g/mol. The van der Waals surface area contributed by atoms with Crippen LogP contribution in [-0.2, 0) is 29.0 Å². The number of ether oxygens (including phenoxy) is 4. The van der Waals surface area contributed by atoms with E-state index in [1.54, 1.807) is 6.92 Å². The Morgan fingerprint density at radius 1 is 0.865 bits per heavy atom. The molecule has 0 amide bonds. The van der Waals surface area contributed by atoms with Crippen molar-refractivity contribution < 1.29 is 58.0 Å². The van der Waals surface area contributed by atoms with E-state index in [1.165, 1.54) is 6.92 Å². The first-order valence-electron chi connectivity index (χ1n) is 12.0. The van der Waals surface area contributed by atoms with Gasteiger partial charge in [-0.2, -0.15) is 0 Å². The van der Waals surface area contributed by atoms with E-state index < -0.39 is 108 Å². The molecule has 37 heavy (non-hydrogen) atoms. The zero-order chi connectivity index (χ0) is 28.0. The van der Waals surface area contributed by atoms with Crippen molar-refractivity contribution in [1.82, 2.24) is 4.72 Å². The second-order valence-corrected chi connectivity index (χ2v) is 11.9. The molecule has 2 heterocycles. The first-order valence-corrected chi connectivity index (χ1v) is 13.9.